The van der Waals surface area contributed by atoms with Crippen LogP contribution in [0.3, 0.4) is 0 Å². The molecule has 0 radical (unpaired) electrons. The Morgan fingerprint density at radius 1 is 0.729 bits per heavy atom. The highest BCUT2D eigenvalue weighted by atomic mass is 16.7. The van der Waals surface area contributed by atoms with Crippen LogP contribution in [-0.2, 0) is 33.3 Å². The number of cyclic esters (lactones) is 1. The molecule has 2 saturated carbocycles. The number of aliphatic hydroxyl groups excluding tert-OH is 7. The van der Waals surface area contributed by atoms with Gasteiger partial charge in [-0.25, -0.2) is 0 Å². The molecule has 2 aliphatic carbocycles. The molecule has 14 heteroatoms. The van der Waals surface area contributed by atoms with Crippen molar-refractivity contribution >= 4 is 11.8 Å². The summed E-state index contributed by atoms with van der Waals surface area (Å²) in [7, 11) is 0. The number of hydrogen-bond donors (Lipinski definition) is 7. The molecule has 7 N–H and O–H groups in total. The minimum absolute atomic E-state index is 0.0424. The van der Waals surface area contributed by atoms with E-state index in [0.717, 1.165) is 12.8 Å². The summed E-state index contributed by atoms with van der Waals surface area (Å²) in [6, 6.07) is 0. The molecule has 48 heavy (non-hydrogen) atoms. The highest BCUT2D eigenvalue weighted by molar-refractivity contribution is 5.88. The Bertz CT molecular complexity index is 1120. The van der Waals surface area contributed by atoms with Gasteiger partial charge in [0.2, 0.25) is 0 Å². The highest BCUT2D eigenvalue weighted by Crippen LogP contribution is 2.54. The Morgan fingerprint density at radius 3 is 1.98 bits per heavy atom. The van der Waals surface area contributed by atoms with Crippen molar-refractivity contribution in [3.8, 4) is 0 Å². The van der Waals surface area contributed by atoms with Gasteiger partial charge in [-0.3, -0.25) is 9.59 Å². The van der Waals surface area contributed by atoms with Gasteiger partial charge in [-0.05, 0) is 61.7 Å². The molecule has 5 aliphatic rings. The van der Waals surface area contributed by atoms with Gasteiger partial charge in [0.25, 0.3) is 0 Å². The van der Waals surface area contributed by atoms with Crippen LogP contribution in [0.25, 0.3) is 0 Å². The van der Waals surface area contributed by atoms with E-state index in [-0.39, 0.29) is 53.2 Å². The summed E-state index contributed by atoms with van der Waals surface area (Å²) >= 11 is 0. The molecule has 3 saturated heterocycles. The quantitative estimate of drug-likeness (QED) is 0.165. The molecule has 0 amide bonds. The maximum atomic E-state index is 14.2. The summed E-state index contributed by atoms with van der Waals surface area (Å²) in [5.41, 5.74) is 0. The van der Waals surface area contributed by atoms with Gasteiger partial charge in [0.05, 0.1) is 25.2 Å². The van der Waals surface area contributed by atoms with Crippen LogP contribution >= 0.6 is 0 Å². The molecule has 0 aromatic rings. The zero-order chi connectivity index (χ0) is 35.4. The predicted molar refractivity (Wildman–Crippen MR) is 165 cm³/mol. The fraction of sp³-hybridized carbons (Fsp3) is 0.941. The first-order chi connectivity index (χ1) is 22.6. The second kappa shape index (κ2) is 15.1. The van der Waals surface area contributed by atoms with Crippen LogP contribution in [-0.4, -0.2) is 134 Å². The SMILES string of the molecule is CC1CC(C)C2C(C1)C(=O)C(C)C1C(C)CC(C)C(C(C)O[C@H]3OC(CO)[C@H](O)C(O[C@@H]4OC(CO)[C@@H](O)C(O)[C@@H]4O)[C@H]3O)OC(=O)C12. The van der Waals surface area contributed by atoms with Gasteiger partial charge in [-0.2, -0.15) is 0 Å². The third-order valence-corrected chi connectivity index (χ3v) is 12.0. The number of hydrogen-bond acceptors (Lipinski definition) is 14. The van der Waals surface area contributed by atoms with Gasteiger partial charge in [-0.15, -0.1) is 0 Å². The molecule has 14 nitrogen and oxygen atoms in total. The van der Waals surface area contributed by atoms with Crippen molar-refractivity contribution in [2.24, 2.45) is 53.3 Å². The first-order valence-corrected chi connectivity index (χ1v) is 17.6. The number of Topliss-reactive ketones (excluding diaryl/α,β-unsaturated/α-hetero) is 1. The molecule has 3 aliphatic heterocycles. The summed E-state index contributed by atoms with van der Waals surface area (Å²) in [6.45, 7) is 10.6. The summed E-state index contributed by atoms with van der Waals surface area (Å²) in [5.74, 6) is -0.817. The van der Waals surface area contributed by atoms with Crippen LogP contribution in [0.15, 0.2) is 0 Å². The van der Waals surface area contributed by atoms with Crippen molar-refractivity contribution < 1.29 is 69.0 Å². The zero-order valence-electron chi connectivity index (χ0n) is 28.6. The smallest absolute Gasteiger partial charge is 0.309 e. The topological polar surface area (TPSA) is 222 Å². The van der Waals surface area contributed by atoms with Crippen molar-refractivity contribution in [3.05, 3.63) is 0 Å². The van der Waals surface area contributed by atoms with Gasteiger partial charge in [0.1, 0.15) is 60.7 Å². The molecule has 5 rings (SSSR count). The van der Waals surface area contributed by atoms with Crippen molar-refractivity contribution in [2.45, 2.75) is 134 Å². The van der Waals surface area contributed by atoms with Crippen molar-refractivity contribution in [2.75, 3.05) is 13.2 Å². The average molecular weight is 689 g/mol. The fourth-order valence-electron chi connectivity index (χ4n) is 9.76. The van der Waals surface area contributed by atoms with E-state index in [0.29, 0.717) is 12.3 Å². The molecule has 0 aromatic heterocycles. The lowest BCUT2D eigenvalue weighted by atomic mass is 9.51. The lowest BCUT2D eigenvalue weighted by molar-refractivity contribution is -0.365. The maximum absolute atomic E-state index is 14.2. The fourth-order valence-corrected chi connectivity index (χ4v) is 9.76. The minimum Gasteiger partial charge on any atom is -0.459 e. The van der Waals surface area contributed by atoms with Crippen LogP contribution in [0.4, 0.5) is 0 Å². The summed E-state index contributed by atoms with van der Waals surface area (Å²) in [4.78, 5) is 27.9. The molecular formula is C34H56O14. The Labute approximate surface area is 281 Å². The van der Waals surface area contributed by atoms with Gasteiger partial charge < -0.3 is 59.4 Å². The molecule has 15 unspecified atom stereocenters. The Balaban J connectivity index is 1.34. The molecule has 0 aromatic carbocycles. The third-order valence-electron chi connectivity index (χ3n) is 12.0. The minimum atomic E-state index is -1.80. The van der Waals surface area contributed by atoms with Crippen molar-refractivity contribution in [1.29, 1.82) is 0 Å². The number of ketones is 1. The van der Waals surface area contributed by atoms with E-state index < -0.39 is 92.8 Å². The molecule has 3 heterocycles. The molecular weight excluding hydrogens is 632 g/mol. The molecule has 5 fully saturated rings. The van der Waals surface area contributed by atoms with Crippen LogP contribution in [0.1, 0.15) is 60.8 Å². The Kier molecular flexibility index (Phi) is 12.0. The number of fused-ring (bicyclic) bond motifs is 3. The van der Waals surface area contributed by atoms with E-state index in [4.69, 9.17) is 23.7 Å². The van der Waals surface area contributed by atoms with Gasteiger partial charge in [0.15, 0.2) is 12.6 Å². The van der Waals surface area contributed by atoms with E-state index >= 15 is 0 Å². The number of aliphatic hydroxyl groups is 7. The number of rotatable bonds is 7. The monoisotopic (exact) mass is 688 g/mol. The molecule has 276 valence electrons. The number of ether oxygens (including phenoxy) is 5. The van der Waals surface area contributed by atoms with Crippen LogP contribution in [0.5, 0.6) is 0 Å². The lowest BCUT2D eigenvalue weighted by Gasteiger charge is -2.53. The predicted octanol–water partition coefficient (Wildman–Crippen LogP) is -0.647. The highest BCUT2D eigenvalue weighted by Gasteiger charge is 2.58. The third kappa shape index (κ3) is 6.97. The van der Waals surface area contributed by atoms with Crippen molar-refractivity contribution in [3.63, 3.8) is 0 Å². The maximum Gasteiger partial charge on any atom is 0.309 e. The van der Waals surface area contributed by atoms with Crippen molar-refractivity contribution in [1.82, 2.24) is 0 Å². The lowest BCUT2D eigenvalue weighted by Crippen LogP contribution is -2.65. The Morgan fingerprint density at radius 2 is 1.33 bits per heavy atom. The second-order valence-electron chi connectivity index (χ2n) is 15.5. The van der Waals surface area contributed by atoms with Gasteiger partial charge >= 0.3 is 5.97 Å². The first-order valence-electron chi connectivity index (χ1n) is 17.6. The number of carbonyl (C=O) groups is 2. The van der Waals surface area contributed by atoms with E-state index in [1.165, 1.54) is 0 Å². The van der Waals surface area contributed by atoms with Crippen LogP contribution < -0.4 is 0 Å². The van der Waals surface area contributed by atoms with E-state index in [1.54, 1.807) is 6.92 Å². The summed E-state index contributed by atoms with van der Waals surface area (Å²) in [6.07, 6.45) is -15.1. The second-order valence-corrected chi connectivity index (χ2v) is 15.5. The summed E-state index contributed by atoms with van der Waals surface area (Å²) < 4.78 is 29.3. The largest absolute Gasteiger partial charge is 0.459 e. The molecule has 0 bridgehead atoms. The summed E-state index contributed by atoms with van der Waals surface area (Å²) in [5, 5.41) is 72.5. The van der Waals surface area contributed by atoms with E-state index in [2.05, 4.69) is 20.8 Å². The average Bonchev–Trinajstić information content (AvgIpc) is 3.03. The van der Waals surface area contributed by atoms with E-state index in [9.17, 15) is 45.3 Å². The zero-order valence-corrected chi connectivity index (χ0v) is 28.6. The number of carbonyl (C=O) groups excluding carboxylic acids is 2. The molecule has 21 atom stereocenters. The number of esters is 1. The van der Waals surface area contributed by atoms with Crippen LogP contribution in [0.2, 0.25) is 0 Å². The van der Waals surface area contributed by atoms with E-state index in [1.807, 2.05) is 13.8 Å². The van der Waals surface area contributed by atoms with Gasteiger partial charge in [0, 0.05) is 11.8 Å². The van der Waals surface area contributed by atoms with Crippen LogP contribution in [0, 0.1) is 53.3 Å². The first kappa shape index (κ1) is 37.9. The standard InChI is InChI=1S/C34H56O14/c1-12-7-13(2)22-18(8-12)24(37)16(5)21-14(3)9-15(4)30(47-32(43)23(21)22)17(6)44-34-29(42)31(26(39)20(11-36)46-34)48-33-28(41)27(40)25(38)19(10-35)45-33/h12-23,25-31,33-36,38-42H,7-11H2,1-6H3/t12?,13?,14?,15?,16?,17?,18?,19?,20?,21?,22?,23?,25-,26+,27?,28+,29-,30?,31?,33+,34+/m1/s1. The Hall–Kier alpha value is -1.30. The molecule has 0 spiro atoms. The van der Waals surface area contributed by atoms with Gasteiger partial charge in [-0.1, -0.05) is 34.6 Å². The normalized spacial score (nSPS) is 52.4.